The second-order valence-corrected chi connectivity index (χ2v) is 2.34. The Kier molecular flexibility index (Phi) is 1.04. The molecule has 1 N–H and O–H groups in total. The van der Waals surface area contributed by atoms with Gasteiger partial charge in [0.05, 0.1) is 0 Å². The standard InChI is InChI=1S/C5H10FN/c1-5(6)2-3-7-4-5/h7H,2-4H2,1H3/t5-/m1/s1. The molecule has 2 heteroatoms. The lowest BCUT2D eigenvalue weighted by molar-refractivity contribution is 0.218. The maximum absolute atomic E-state index is 12.5. The van der Waals surface area contributed by atoms with Gasteiger partial charge in [-0.3, -0.25) is 0 Å². The van der Waals surface area contributed by atoms with E-state index in [9.17, 15) is 4.39 Å². The van der Waals surface area contributed by atoms with Crippen molar-refractivity contribution in [3.05, 3.63) is 0 Å². The monoisotopic (exact) mass is 103 g/mol. The molecule has 0 spiro atoms. The summed E-state index contributed by atoms with van der Waals surface area (Å²) in [5.74, 6) is 0. The van der Waals surface area contributed by atoms with Gasteiger partial charge in [0.2, 0.25) is 0 Å². The average Bonchev–Trinajstić information content (AvgIpc) is 1.84. The quantitative estimate of drug-likeness (QED) is 0.476. The summed E-state index contributed by atoms with van der Waals surface area (Å²) in [6.07, 6.45) is 0.674. The molecule has 0 aliphatic carbocycles. The third-order valence-corrected chi connectivity index (χ3v) is 1.32. The highest BCUT2D eigenvalue weighted by Crippen LogP contribution is 2.16. The fourth-order valence-corrected chi connectivity index (χ4v) is 0.786. The molecule has 1 heterocycles. The summed E-state index contributed by atoms with van der Waals surface area (Å²) >= 11 is 0. The maximum Gasteiger partial charge on any atom is 0.121 e. The number of alkyl halides is 1. The lowest BCUT2D eigenvalue weighted by Crippen LogP contribution is -2.20. The maximum atomic E-state index is 12.5. The minimum Gasteiger partial charge on any atom is -0.313 e. The zero-order valence-corrected chi connectivity index (χ0v) is 4.50. The summed E-state index contributed by atoms with van der Waals surface area (Å²) < 4.78 is 12.5. The lowest BCUT2D eigenvalue weighted by atomic mass is 10.1. The number of hydrogen-bond donors (Lipinski definition) is 1. The zero-order chi connectivity index (χ0) is 5.33. The van der Waals surface area contributed by atoms with Crippen LogP contribution in [0.4, 0.5) is 4.39 Å². The third kappa shape index (κ3) is 1.13. The van der Waals surface area contributed by atoms with Crippen LogP contribution in [-0.4, -0.2) is 18.8 Å². The molecule has 1 aliphatic rings. The van der Waals surface area contributed by atoms with E-state index >= 15 is 0 Å². The minimum atomic E-state index is -0.917. The summed E-state index contributed by atoms with van der Waals surface area (Å²) in [5.41, 5.74) is -0.917. The van der Waals surface area contributed by atoms with Crippen LogP contribution in [-0.2, 0) is 0 Å². The third-order valence-electron chi connectivity index (χ3n) is 1.32. The molecule has 0 aromatic heterocycles. The van der Waals surface area contributed by atoms with Gasteiger partial charge < -0.3 is 5.32 Å². The van der Waals surface area contributed by atoms with Gasteiger partial charge in [-0.25, -0.2) is 4.39 Å². The van der Waals surface area contributed by atoms with Gasteiger partial charge in [-0.2, -0.15) is 0 Å². The zero-order valence-electron chi connectivity index (χ0n) is 4.50. The van der Waals surface area contributed by atoms with Crippen molar-refractivity contribution in [1.29, 1.82) is 0 Å². The summed E-state index contributed by atoms with van der Waals surface area (Å²) in [6, 6.07) is 0. The fraction of sp³-hybridized carbons (Fsp3) is 1.00. The van der Waals surface area contributed by atoms with Crippen LogP contribution < -0.4 is 5.32 Å². The van der Waals surface area contributed by atoms with Gasteiger partial charge in [-0.15, -0.1) is 0 Å². The topological polar surface area (TPSA) is 12.0 Å². The van der Waals surface area contributed by atoms with E-state index in [0.29, 0.717) is 13.0 Å². The van der Waals surface area contributed by atoms with Crippen molar-refractivity contribution in [2.75, 3.05) is 13.1 Å². The van der Waals surface area contributed by atoms with Gasteiger partial charge in [-0.05, 0) is 19.9 Å². The van der Waals surface area contributed by atoms with E-state index in [1.54, 1.807) is 6.92 Å². The lowest BCUT2D eigenvalue weighted by Gasteiger charge is -2.07. The average molecular weight is 103 g/mol. The number of nitrogens with one attached hydrogen (secondary N) is 1. The molecule has 0 aromatic rings. The van der Waals surface area contributed by atoms with E-state index < -0.39 is 5.67 Å². The Balaban J connectivity index is 2.40. The molecule has 0 aromatic carbocycles. The van der Waals surface area contributed by atoms with Crippen LogP contribution in [0.1, 0.15) is 13.3 Å². The second-order valence-electron chi connectivity index (χ2n) is 2.34. The summed E-state index contributed by atoms with van der Waals surface area (Å²) in [7, 11) is 0. The highest BCUT2D eigenvalue weighted by Gasteiger charge is 2.26. The normalized spacial score (nSPS) is 42.0. The molecule has 1 rings (SSSR count). The van der Waals surface area contributed by atoms with Crippen molar-refractivity contribution in [1.82, 2.24) is 5.32 Å². The van der Waals surface area contributed by atoms with Crippen LogP contribution in [0, 0.1) is 0 Å². The van der Waals surface area contributed by atoms with Crippen molar-refractivity contribution in [3.8, 4) is 0 Å². The Morgan fingerprint density at radius 3 is 2.57 bits per heavy atom. The van der Waals surface area contributed by atoms with Crippen LogP contribution in [0.15, 0.2) is 0 Å². The Labute approximate surface area is 42.9 Å². The largest absolute Gasteiger partial charge is 0.313 e. The van der Waals surface area contributed by atoms with E-state index in [4.69, 9.17) is 0 Å². The highest BCUT2D eigenvalue weighted by atomic mass is 19.1. The van der Waals surface area contributed by atoms with E-state index in [1.165, 1.54) is 0 Å². The van der Waals surface area contributed by atoms with Crippen LogP contribution in [0.5, 0.6) is 0 Å². The molecule has 0 unspecified atom stereocenters. The predicted octanol–water partition coefficient (Wildman–Crippen LogP) is 0.708. The SMILES string of the molecule is C[C@@]1(F)CCNC1. The molecule has 1 fully saturated rings. The predicted molar refractivity (Wildman–Crippen MR) is 27.0 cm³/mol. The highest BCUT2D eigenvalue weighted by molar-refractivity contribution is 4.82. The smallest absolute Gasteiger partial charge is 0.121 e. The van der Waals surface area contributed by atoms with Crippen LogP contribution in [0.3, 0.4) is 0 Å². The van der Waals surface area contributed by atoms with Crippen molar-refractivity contribution in [2.24, 2.45) is 0 Å². The van der Waals surface area contributed by atoms with Crippen LogP contribution in [0.2, 0.25) is 0 Å². The van der Waals surface area contributed by atoms with Gasteiger partial charge in [0.15, 0.2) is 0 Å². The van der Waals surface area contributed by atoms with E-state index in [1.807, 2.05) is 0 Å². The Hall–Kier alpha value is -0.110. The van der Waals surface area contributed by atoms with E-state index in [0.717, 1.165) is 6.54 Å². The summed E-state index contributed by atoms with van der Waals surface area (Å²) in [6.45, 7) is 3.01. The first-order valence-electron chi connectivity index (χ1n) is 2.60. The molecule has 7 heavy (non-hydrogen) atoms. The molecule has 1 nitrogen and oxygen atoms in total. The van der Waals surface area contributed by atoms with Gasteiger partial charge in [-0.1, -0.05) is 0 Å². The molecule has 0 bridgehead atoms. The van der Waals surface area contributed by atoms with Crippen molar-refractivity contribution < 1.29 is 4.39 Å². The number of halogens is 1. The van der Waals surface area contributed by atoms with Crippen LogP contribution >= 0.6 is 0 Å². The number of rotatable bonds is 0. The molecule has 1 aliphatic heterocycles. The molecule has 1 atom stereocenters. The summed E-state index contributed by atoms with van der Waals surface area (Å²) in [4.78, 5) is 0. The minimum absolute atomic E-state index is 0.535. The Bertz CT molecular complexity index is 62.5. The molecule has 42 valence electrons. The van der Waals surface area contributed by atoms with E-state index in [2.05, 4.69) is 5.32 Å². The molecule has 0 saturated carbocycles. The van der Waals surface area contributed by atoms with Crippen molar-refractivity contribution in [2.45, 2.75) is 19.0 Å². The number of hydrogen-bond acceptors (Lipinski definition) is 1. The van der Waals surface area contributed by atoms with Gasteiger partial charge in [0, 0.05) is 6.54 Å². The molecule has 0 radical (unpaired) electrons. The fourth-order valence-electron chi connectivity index (χ4n) is 0.786. The van der Waals surface area contributed by atoms with E-state index in [-0.39, 0.29) is 0 Å². The molecule has 1 saturated heterocycles. The van der Waals surface area contributed by atoms with Gasteiger partial charge in [0.1, 0.15) is 5.67 Å². The Morgan fingerprint density at radius 1 is 1.71 bits per heavy atom. The first kappa shape index (κ1) is 5.04. The van der Waals surface area contributed by atoms with Gasteiger partial charge in [0.25, 0.3) is 0 Å². The van der Waals surface area contributed by atoms with Crippen LogP contribution in [0.25, 0.3) is 0 Å². The molecule has 0 amide bonds. The Morgan fingerprint density at radius 2 is 2.43 bits per heavy atom. The van der Waals surface area contributed by atoms with Crippen molar-refractivity contribution >= 4 is 0 Å². The first-order valence-corrected chi connectivity index (χ1v) is 2.60. The summed E-state index contributed by atoms with van der Waals surface area (Å²) in [5, 5.41) is 2.94. The van der Waals surface area contributed by atoms with Crippen molar-refractivity contribution in [3.63, 3.8) is 0 Å². The molecular formula is C5H10FN. The van der Waals surface area contributed by atoms with Gasteiger partial charge >= 0.3 is 0 Å². The first-order chi connectivity index (χ1) is 3.21. The second kappa shape index (κ2) is 1.44. The molecular weight excluding hydrogens is 93.1 g/mol.